The van der Waals surface area contributed by atoms with E-state index in [1.54, 1.807) is 18.2 Å². The van der Waals surface area contributed by atoms with Gasteiger partial charge in [-0.05, 0) is 11.6 Å². The maximum Gasteiger partial charge on any atom is 0.150 e. The zero-order valence-electron chi connectivity index (χ0n) is 6.25. The quantitative estimate of drug-likeness (QED) is 0.571. The van der Waals surface area contributed by atoms with Crippen LogP contribution in [0.25, 0.3) is 0 Å². The van der Waals surface area contributed by atoms with Crippen LogP contribution in [0.3, 0.4) is 0 Å². The summed E-state index contributed by atoms with van der Waals surface area (Å²) < 4.78 is 0. The maximum atomic E-state index is 10.4. The molecule has 0 fully saturated rings. The van der Waals surface area contributed by atoms with Crippen LogP contribution in [0.4, 0.5) is 0 Å². The van der Waals surface area contributed by atoms with Crippen molar-refractivity contribution in [1.29, 1.82) is 5.26 Å². The molecule has 0 unspecified atom stereocenters. The number of nitrogens with zero attached hydrogens (tertiary/aromatic N) is 1. The molecule has 2 nitrogen and oxygen atoms in total. The van der Waals surface area contributed by atoms with E-state index in [2.05, 4.69) is 15.9 Å². The molecule has 0 aliphatic heterocycles. The molecule has 0 aliphatic rings. The molecule has 0 aromatic heterocycles. The summed E-state index contributed by atoms with van der Waals surface area (Å²) in [4.78, 5) is 10.4. The maximum absolute atomic E-state index is 10.4. The lowest BCUT2D eigenvalue weighted by molar-refractivity contribution is 0.112. The Hall–Kier alpha value is -1.14. The molecule has 0 N–H and O–H groups in total. The number of alkyl halides is 1. The highest BCUT2D eigenvalue weighted by atomic mass is 79.9. The molecule has 0 amide bonds. The van der Waals surface area contributed by atoms with Crippen molar-refractivity contribution in [1.82, 2.24) is 0 Å². The van der Waals surface area contributed by atoms with Gasteiger partial charge >= 0.3 is 0 Å². The Bertz CT molecular complexity index is 341. The van der Waals surface area contributed by atoms with E-state index in [-0.39, 0.29) is 0 Å². The molecule has 60 valence electrons. The van der Waals surface area contributed by atoms with Gasteiger partial charge in [0.2, 0.25) is 0 Å². The van der Waals surface area contributed by atoms with Gasteiger partial charge in [0.15, 0.2) is 0 Å². The summed E-state index contributed by atoms with van der Waals surface area (Å²) in [5, 5.41) is 9.32. The number of halogens is 1. The van der Waals surface area contributed by atoms with Crippen LogP contribution in [-0.2, 0) is 5.33 Å². The fourth-order valence-electron chi connectivity index (χ4n) is 0.888. The van der Waals surface area contributed by atoms with Gasteiger partial charge in [0, 0.05) is 10.9 Å². The zero-order chi connectivity index (χ0) is 8.97. The van der Waals surface area contributed by atoms with Crippen LogP contribution in [-0.4, -0.2) is 6.29 Å². The van der Waals surface area contributed by atoms with Gasteiger partial charge in [-0.1, -0.05) is 28.1 Å². The Morgan fingerprint density at radius 3 is 2.83 bits per heavy atom. The van der Waals surface area contributed by atoms with Gasteiger partial charge in [0.25, 0.3) is 0 Å². The van der Waals surface area contributed by atoms with E-state index in [1.807, 2.05) is 6.07 Å². The van der Waals surface area contributed by atoms with Crippen molar-refractivity contribution < 1.29 is 4.79 Å². The first-order valence-electron chi connectivity index (χ1n) is 3.36. The highest BCUT2D eigenvalue weighted by Gasteiger charge is 2.00. The highest BCUT2D eigenvalue weighted by molar-refractivity contribution is 9.08. The predicted octanol–water partition coefficient (Wildman–Crippen LogP) is 2.27. The third kappa shape index (κ3) is 1.72. The number of rotatable bonds is 2. The first-order chi connectivity index (χ1) is 5.81. The van der Waals surface area contributed by atoms with Gasteiger partial charge in [0.1, 0.15) is 6.29 Å². The van der Waals surface area contributed by atoms with Gasteiger partial charge in [-0.2, -0.15) is 5.26 Å². The van der Waals surface area contributed by atoms with E-state index in [0.717, 1.165) is 11.8 Å². The third-order valence-electron chi connectivity index (χ3n) is 1.53. The second-order valence-corrected chi connectivity index (χ2v) is 2.84. The van der Waals surface area contributed by atoms with Crippen molar-refractivity contribution in [2.24, 2.45) is 0 Å². The minimum Gasteiger partial charge on any atom is -0.298 e. The summed E-state index contributed by atoms with van der Waals surface area (Å²) >= 11 is 3.26. The molecule has 12 heavy (non-hydrogen) atoms. The minimum absolute atomic E-state index is 0.538. The predicted molar refractivity (Wildman–Crippen MR) is 49.2 cm³/mol. The van der Waals surface area contributed by atoms with Gasteiger partial charge < -0.3 is 0 Å². The molecule has 1 aromatic carbocycles. The molecule has 1 aromatic rings. The van der Waals surface area contributed by atoms with Crippen LogP contribution < -0.4 is 0 Å². The smallest absolute Gasteiger partial charge is 0.150 e. The second kappa shape index (κ2) is 4.03. The Kier molecular flexibility index (Phi) is 3.01. The summed E-state index contributed by atoms with van der Waals surface area (Å²) in [5.74, 6) is 0. The second-order valence-electron chi connectivity index (χ2n) is 2.28. The van der Waals surface area contributed by atoms with E-state index in [4.69, 9.17) is 5.26 Å². The number of aldehydes is 1. The lowest BCUT2D eigenvalue weighted by Crippen LogP contribution is -1.88. The lowest BCUT2D eigenvalue weighted by atomic mass is 10.1. The van der Waals surface area contributed by atoms with Gasteiger partial charge in [-0.15, -0.1) is 0 Å². The molecule has 0 saturated carbocycles. The molecule has 0 aliphatic carbocycles. The van der Waals surface area contributed by atoms with E-state index in [1.165, 1.54) is 0 Å². The van der Waals surface area contributed by atoms with Gasteiger partial charge in [0.05, 0.1) is 11.6 Å². The lowest BCUT2D eigenvalue weighted by Gasteiger charge is -1.98. The average molecular weight is 224 g/mol. The fourth-order valence-corrected chi connectivity index (χ4v) is 1.38. The number of nitriles is 1. The van der Waals surface area contributed by atoms with Crippen molar-refractivity contribution in [3.63, 3.8) is 0 Å². The number of carbonyl (C=O) groups is 1. The molecule has 0 heterocycles. The molecular formula is C9H6BrNO. The van der Waals surface area contributed by atoms with Crippen molar-refractivity contribution in [2.45, 2.75) is 5.33 Å². The molecule has 3 heteroatoms. The standard InChI is InChI=1S/C9H6BrNO/c10-4-8-2-1-7(6-12)3-9(8)5-11/h1-3,6H,4H2. The topological polar surface area (TPSA) is 40.9 Å². The number of carbonyl (C=O) groups excluding carboxylic acids is 1. The molecule has 0 spiro atoms. The monoisotopic (exact) mass is 223 g/mol. The molecule has 1 rings (SSSR count). The Morgan fingerprint density at radius 2 is 2.33 bits per heavy atom. The van der Waals surface area contributed by atoms with E-state index in [0.29, 0.717) is 16.5 Å². The largest absolute Gasteiger partial charge is 0.298 e. The van der Waals surface area contributed by atoms with Gasteiger partial charge in [-0.3, -0.25) is 4.79 Å². The van der Waals surface area contributed by atoms with E-state index in [9.17, 15) is 4.79 Å². The fraction of sp³-hybridized carbons (Fsp3) is 0.111. The van der Waals surface area contributed by atoms with Crippen LogP contribution >= 0.6 is 15.9 Å². The summed E-state index contributed by atoms with van der Waals surface area (Å²) in [7, 11) is 0. The molecule has 0 atom stereocenters. The van der Waals surface area contributed by atoms with Crippen LogP contribution in [0.15, 0.2) is 18.2 Å². The molecule has 0 radical (unpaired) electrons. The number of hydrogen-bond acceptors (Lipinski definition) is 2. The molecular weight excluding hydrogens is 218 g/mol. The first kappa shape index (κ1) is 8.95. The Morgan fingerprint density at radius 1 is 1.58 bits per heavy atom. The van der Waals surface area contributed by atoms with Crippen molar-refractivity contribution in [3.8, 4) is 6.07 Å². The molecule has 0 bridgehead atoms. The van der Waals surface area contributed by atoms with Gasteiger partial charge in [-0.25, -0.2) is 0 Å². The first-order valence-corrected chi connectivity index (χ1v) is 4.48. The molecule has 0 saturated heterocycles. The zero-order valence-corrected chi connectivity index (χ0v) is 7.84. The van der Waals surface area contributed by atoms with Crippen molar-refractivity contribution in [3.05, 3.63) is 34.9 Å². The van der Waals surface area contributed by atoms with Crippen molar-refractivity contribution >= 4 is 22.2 Å². The summed E-state index contributed by atoms with van der Waals surface area (Å²) in [6, 6.07) is 7.09. The number of benzene rings is 1. The summed E-state index contributed by atoms with van der Waals surface area (Å²) in [6.45, 7) is 0. The summed E-state index contributed by atoms with van der Waals surface area (Å²) in [6.07, 6.45) is 0.735. The van der Waals surface area contributed by atoms with Crippen molar-refractivity contribution in [2.75, 3.05) is 0 Å². The van der Waals surface area contributed by atoms with Crippen LogP contribution in [0, 0.1) is 11.3 Å². The van der Waals surface area contributed by atoms with Crippen LogP contribution in [0.5, 0.6) is 0 Å². The van der Waals surface area contributed by atoms with E-state index < -0.39 is 0 Å². The SMILES string of the molecule is N#Cc1cc(C=O)ccc1CBr. The average Bonchev–Trinajstić information content (AvgIpc) is 2.16. The normalized spacial score (nSPS) is 9.00. The van der Waals surface area contributed by atoms with Crippen LogP contribution in [0.1, 0.15) is 21.5 Å². The van der Waals surface area contributed by atoms with Crippen LogP contribution in [0.2, 0.25) is 0 Å². The number of hydrogen-bond donors (Lipinski definition) is 0. The Balaban J connectivity index is 3.21. The Labute approximate surface area is 78.9 Å². The summed E-state index contributed by atoms with van der Waals surface area (Å²) in [5.41, 5.74) is 2.00. The van der Waals surface area contributed by atoms with E-state index >= 15 is 0 Å². The highest BCUT2D eigenvalue weighted by Crippen LogP contribution is 2.13. The minimum atomic E-state index is 0.538. The third-order valence-corrected chi connectivity index (χ3v) is 2.14.